The summed E-state index contributed by atoms with van der Waals surface area (Å²) in [4.78, 5) is 17.8. The van der Waals surface area contributed by atoms with E-state index < -0.39 is 0 Å². The summed E-state index contributed by atoms with van der Waals surface area (Å²) in [5.41, 5.74) is 5.97. The van der Waals surface area contributed by atoms with Gasteiger partial charge in [0.1, 0.15) is 10.7 Å². The Labute approximate surface area is 100 Å². The largest absolute Gasteiger partial charge is 0.340 e. The number of aromatic nitrogens is 1. The van der Waals surface area contributed by atoms with E-state index in [0.717, 1.165) is 18.0 Å². The Kier molecular flexibility index (Phi) is 4.89. The fourth-order valence-electron chi connectivity index (χ4n) is 1.25. The van der Waals surface area contributed by atoms with Crippen LogP contribution in [0.3, 0.4) is 0 Å². The van der Waals surface area contributed by atoms with Gasteiger partial charge in [0, 0.05) is 25.5 Å². The molecule has 5 heteroatoms. The molecular weight excluding hydrogens is 222 g/mol. The fourth-order valence-corrected chi connectivity index (χ4v) is 1.90. The van der Waals surface area contributed by atoms with E-state index in [2.05, 4.69) is 18.8 Å². The maximum atomic E-state index is 11.9. The maximum Gasteiger partial charge on any atom is 0.273 e. The van der Waals surface area contributed by atoms with Crippen LogP contribution in [0.2, 0.25) is 0 Å². The number of carbonyl (C=O) groups is 1. The van der Waals surface area contributed by atoms with Crippen molar-refractivity contribution >= 4 is 17.2 Å². The molecule has 0 aromatic carbocycles. The van der Waals surface area contributed by atoms with Crippen LogP contribution in [0.15, 0.2) is 5.38 Å². The zero-order valence-electron chi connectivity index (χ0n) is 10.1. The third kappa shape index (κ3) is 3.57. The summed E-state index contributed by atoms with van der Waals surface area (Å²) >= 11 is 1.44. The molecule has 0 bridgehead atoms. The molecule has 0 unspecified atom stereocenters. The molecule has 0 fully saturated rings. The smallest absolute Gasteiger partial charge is 0.273 e. The highest BCUT2D eigenvalue weighted by atomic mass is 32.1. The summed E-state index contributed by atoms with van der Waals surface area (Å²) in [6.45, 7) is 5.46. The first kappa shape index (κ1) is 13.1. The Hall–Kier alpha value is -0.940. The zero-order chi connectivity index (χ0) is 12.1. The summed E-state index contributed by atoms with van der Waals surface area (Å²) in [6, 6.07) is 0. The number of nitrogens with two attached hydrogens (primary N) is 1. The first-order valence-electron chi connectivity index (χ1n) is 5.44. The Balaban J connectivity index is 2.56. The summed E-state index contributed by atoms with van der Waals surface area (Å²) < 4.78 is 0. The van der Waals surface area contributed by atoms with Crippen LogP contribution in [0, 0.1) is 5.92 Å². The van der Waals surface area contributed by atoms with Crippen molar-refractivity contribution in [2.24, 2.45) is 11.7 Å². The van der Waals surface area contributed by atoms with Crippen LogP contribution in [0.4, 0.5) is 0 Å². The molecule has 1 rings (SSSR count). The number of rotatable bonds is 5. The van der Waals surface area contributed by atoms with Gasteiger partial charge in [-0.05, 0) is 12.3 Å². The number of hydrogen-bond acceptors (Lipinski definition) is 4. The average Bonchev–Trinajstić information content (AvgIpc) is 2.73. The van der Waals surface area contributed by atoms with Gasteiger partial charge in [0.25, 0.3) is 5.91 Å². The summed E-state index contributed by atoms with van der Waals surface area (Å²) in [5.74, 6) is 0.585. The lowest BCUT2D eigenvalue weighted by molar-refractivity contribution is 0.0784. The molecular formula is C11H19N3OS. The van der Waals surface area contributed by atoms with Crippen molar-refractivity contribution in [2.75, 3.05) is 13.6 Å². The summed E-state index contributed by atoms with van der Waals surface area (Å²) in [5, 5.41) is 2.58. The van der Waals surface area contributed by atoms with Crippen LogP contribution in [-0.2, 0) is 6.54 Å². The van der Waals surface area contributed by atoms with E-state index in [4.69, 9.17) is 5.73 Å². The van der Waals surface area contributed by atoms with Crippen LogP contribution in [-0.4, -0.2) is 29.4 Å². The number of amides is 1. The molecule has 1 heterocycles. The molecule has 0 aliphatic heterocycles. The second-order valence-corrected chi connectivity index (χ2v) is 5.18. The highest BCUT2D eigenvalue weighted by Crippen LogP contribution is 2.11. The van der Waals surface area contributed by atoms with E-state index in [1.807, 2.05) is 7.05 Å². The van der Waals surface area contributed by atoms with Gasteiger partial charge in [-0.25, -0.2) is 4.98 Å². The topological polar surface area (TPSA) is 59.2 Å². The Bertz CT molecular complexity index is 349. The minimum Gasteiger partial charge on any atom is -0.340 e. The van der Waals surface area contributed by atoms with Crippen molar-refractivity contribution in [3.8, 4) is 0 Å². The van der Waals surface area contributed by atoms with Gasteiger partial charge in [-0.1, -0.05) is 13.8 Å². The molecule has 0 spiro atoms. The standard InChI is InChI=1S/C11H19N3OS/c1-8(2)4-5-14(3)11(15)9-7-16-10(6-12)13-9/h7-8H,4-6,12H2,1-3H3. The van der Waals surface area contributed by atoms with E-state index in [1.165, 1.54) is 11.3 Å². The van der Waals surface area contributed by atoms with E-state index in [-0.39, 0.29) is 5.91 Å². The monoisotopic (exact) mass is 241 g/mol. The number of nitrogens with zero attached hydrogens (tertiary/aromatic N) is 2. The van der Waals surface area contributed by atoms with Gasteiger partial charge >= 0.3 is 0 Å². The predicted octanol–water partition coefficient (Wildman–Crippen LogP) is 1.72. The first-order chi connectivity index (χ1) is 7.54. The Morgan fingerprint density at radius 2 is 2.31 bits per heavy atom. The predicted molar refractivity (Wildman–Crippen MR) is 66.4 cm³/mol. The number of thiazole rings is 1. The van der Waals surface area contributed by atoms with Gasteiger partial charge in [0.05, 0.1) is 0 Å². The quantitative estimate of drug-likeness (QED) is 0.854. The lowest BCUT2D eigenvalue weighted by Crippen LogP contribution is -2.28. The van der Waals surface area contributed by atoms with Gasteiger partial charge in [-0.3, -0.25) is 4.79 Å². The molecule has 0 saturated carbocycles. The molecule has 0 atom stereocenters. The molecule has 16 heavy (non-hydrogen) atoms. The van der Waals surface area contributed by atoms with Crippen LogP contribution in [0.25, 0.3) is 0 Å². The second-order valence-electron chi connectivity index (χ2n) is 4.24. The third-order valence-corrected chi connectivity index (χ3v) is 3.21. The average molecular weight is 241 g/mol. The fraction of sp³-hybridized carbons (Fsp3) is 0.636. The molecule has 90 valence electrons. The van der Waals surface area contributed by atoms with Crippen LogP contribution in [0.1, 0.15) is 35.8 Å². The van der Waals surface area contributed by atoms with Gasteiger partial charge < -0.3 is 10.6 Å². The van der Waals surface area contributed by atoms with E-state index >= 15 is 0 Å². The van der Waals surface area contributed by atoms with Crippen molar-refractivity contribution in [3.63, 3.8) is 0 Å². The highest BCUT2D eigenvalue weighted by Gasteiger charge is 2.14. The number of carbonyl (C=O) groups excluding carboxylic acids is 1. The van der Waals surface area contributed by atoms with E-state index in [9.17, 15) is 4.79 Å². The van der Waals surface area contributed by atoms with Crippen LogP contribution in [0.5, 0.6) is 0 Å². The van der Waals surface area contributed by atoms with Crippen molar-refractivity contribution < 1.29 is 4.79 Å². The number of hydrogen-bond donors (Lipinski definition) is 1. The normalized spacial score (nSPS) is 10.8. The maximum absolute atomic E-state index is 11.9. The van der Waals surface area contributed by atoms with E-state index in [1.54, 1.807) is 10.3 Å². The lowest BCUT2D eigenvalue weighted by Gasteiger charge is -2.16. The summed E-state index contributed by atoms with van der Waals surface area (Å²) in [6.07, 6.45) is 1.01. The molecule has 1 aromatic heterocycles. The second kappa shape index (κ2) is 5.96. The first-order valence-corrected chi connectivity index (χ1v) is 6.32. The SMILES string of the molecule is CC(C)CCN(C)C(=O)c1csc(CN)n1. The lowest BCUT2D eigenvalue weighted by atomic mass is 10.1. The van der Waals surface area contributed by atoms with Crippen molar-refractivity contribution in [1.82, 2.24) is 9.88 Å². The van der Waals surface area contributed by atoms with Crippen molar-refractivity contribution in [2.45, 2.75) is 26.8 Å². The molecule has 1 amide bonds. The minimum absolute atomic E-state index is 0.0170. The van der Waals surface area contributed by atoms with Crippen molar-refractivity contribution in [3.05, 3.63) is 16.1 Å². The van der Waals surface area contributed by atoms with Gasteiger partial charge in [0.2, 0.25) is 0 Å². The molecule has 0 aliphatic carbocycles. The van der Waals surface area contributed by atoms with E-state index in [0.29, 0.717) is 18.2 Å². The van der Waals surface area contributed by atoms with Crippen molar-refractivity contribution in [1.29, 1.82) is 0 Å². The molecule has 4 nitrogen and oxygen atoms in total. The molecule has 2 N–H and O–H groups in total. The molecule has 0 radical (unpaired) electrons. The van der Waals surface area contributed by atoms with Gasteiger partial charge in [-0.15, -0.1) is 11.3 Å². The van der Waals surface area contributed by atoms with Gasteiger partial charge in [0.15, 0.2) is 0 Å². The van der Waals surface area contributed by atoms with Gasteiger partial charge in [-0.2, -0.15) is 0 Å². The molecule has 0 aliphatic rings. The Morgan fingerprint density at radius 3 is 2.81 bits per heavy atom. The highest BCUT2D eigenvalue weighted by molar-refractivity contribution is 7.09. The Morgan fingerprint density at radius 1 is 1.62 bits per heavy atom. The summed E-state index contributed by atoms with van der Waals surface area (Å²) in [7, 11) is 1.81. The minimum atomic E-state index is -0.0170. The van der Waals surface area contributed by atoms with Crippen LogP contribution >= 0.6 is 11.3 Å². The molecule has 1 aromatic rings. The van der Waals surface area contributed by atoms with Crippen LogP contribution < -0.4 is 5.73 Å². The third-order valence-electron chi connectivity index (χ3n) is 2.33. The molecule has 0 saturated heterocycles. The zero-order valence-corrected chi connectivity index (χ0v) is 10.9.